The average Bonchev–Trinajstić information content (AvgIpc) is 2.99. The van der Waals surface area contributed by atoms with Crippen LogP contribution in [-0.4, -0.2) is 33.0 Å². The van der Waals surface area contributed by atoms with Crippen molar-refractivity contribution in [2.75, 3.05) is 14.2 Å². The van der Waals surface area contributed by atoms with E-state index in [9.17, 15) is 0 Å². The van der Waals surface area contributed by atoms with Crippen molar-refractivity contribution in [3.63, 3.8) is 0 Å². The molecule has 1 aliphatic heterocycles. The highest BCUT2D eigenvalue weighted by molar-refractivity contribution is 6.47. The Labute approximate surface area is 157 Å². The highest BCUT2D eigenvalue weighted by atomic mass is 16.7. The van der Waals surface area contributed by atoms with Crippen molar-refractivity contribution < 1.29 is 18.8 Å². The molecular formula is C21H31BO4. The monoisotopic (exact) mass is 358 g/mol. The van der Waals surface area contributed by atoms with Crippen LogP contribution in [0.1, 0.15) is 63.8 Å². The number of hydrogen-bond donors (Lipinski definition) is 0. The highest BCUT2D eigenvalue weighted by Gasteiger charge is 2.68. The third kappa shape index (κ3) is 2.59. The molecule has 2 bridgehead atoms. The van der Waals surface area contributed by atoms with Crippen LogP contribution in [0.25, 0.3) is 0 Å². The fraction of sp³-hybridized carbons (Fsp3) is 0.714. The van der Waals surface area contributed by atoms with Gasteiger partial charge in [-0.05, 0) is 42.6 Å². The second-order valence-electron chi connectivity index (χ2n) is 9.10. The first-order valence-corrected chi connectivity index (χ1v) is 9.80. The first-order chi connectivity index (χ1) is 12.3. The van der Waals surface area contributed by atoms with Gasteiger partial charge in [0.05, 0.1) is 11.7 Å². The van der Waals surface area contributed by atoms with Gasteiger partial charge in [0.15, 0.2) is 6.29 Å². The van der Waals surface area contributed by atoms with Crippen molar-refractivity contribution in [2.45, 2.75) is 64.3 Å². The minimum absolute atomic E-state index is 0.156. The molecular weight excluding hydrogens is 327 g/mol. The van der Waals surface area contributed by atoms with Gasteiger partial charge in [-0.3, -0.25) is 0 Å². The van der Waals surface area contributed by atoms with Crippen LogP contribution < -0.4 is 0 Å². The number of benzene rings is 1. The lowest BCUT2D eigenvalue weighted by Crippen LogP contribution is -2.65. The highest BCUT2D eigenvalue weighted by Crippen LogP contribution is 2.66. The molecule has 3 aliphatic carbocycles. The quantitative estimate of drug-likeness (QED) is 0.579. The Bertz CT molecular complexity index is 674. The van der Waals surface area contributed by atoms with Gasteiger partial charge in [-0.15, -0.1) is 0 Å². The lowest BCUT2D eigenvalue weighted by Gasteiger charge is -2.64. The summed E-state index contributed by atoms with van der Waals surface area (Å²) in [6.45, 7) is 9.25. The summed E-state index contributed by atoms with van der Waals surface area (Å²) in [6, 6.07) is 8.36. The SMILES string of the molecule is COC(OC)c1cccc([C@@H](C)B2OC3CC4CC(C4(C)C)[C@]3(C)O2)c1. The molecule has 26 heavy (non-hydrogen) atoms. The van der Waals surface area contributed by atoms with Gasteiger partial charge in [0.2, 0.25) is 0 Å². The maximum atomic E-state index is 6.62. The Morgan fingerprint density at radius 3 is 2.46 bits per heavy atom. The largest absolute Gasteiger partial charge is 0.465 e. The van der Waals surface area contributed by atoms with E-state index in [-0.39, 0.29) is 30.9 Å². The Hall–Kier alpha value is -0.875. The van der Waals surface area contributed by atoms with Crippen LogP contribution in [0.3, 0.4) is 0 Å². The fourth-order valence-electron chi connectivity index (χ4n) is 5.63. The summed E-state index contributed by atoms with van der Waals surface area (Å²) in [4.78, 5) is 0. The first-order valence-electron chi connectivity index (χ1n) is 9.80. The summed E-state index contributed by atoms with van der Waals surface area (Å²) in [7, 11) is 3.12. The van der Waals surface area contributed by atoms with Crippen LogP contribution in [0, 0.1) is 17.3 Å². The second kappa shape index (κ2) is 6.34. The molecule has 3 unspecified atom stereocenters. The topological polar surface area (TPSA) is 36.9 Å². The minimum atomic E-state index is -0.347. The summed E-state index contributed by atoms with van der Waals surface area (Å²) >= 11 is 0. The predicted octanol–water partition coefficient (Wildman–Crippen LogP) is 4.35. The smallest absolute Gasteiger partial charge is 0.405 e. The summed E-state index contributed by atoms with van der Waals surface area (Å²) in [6.07, 6.45) is 2.28. The van der Waals surface area contributed by atoms with Gasteiger partial charge in [-0.2, -0.15) is 0 Å². The number of hydrogen-bond acceptors (Lipinski definition) is 4. The molecule has 0 radical (unpaired) electrons. The lowest BCUT2D eigenvalue weighted by molar-refractivity contribution is -0.199. The van der Waals surface area contributed by atoms with Crippen molar-refractivity contribution in [1.29, 1.82) is 0 Å². The Kier molecular flexibility index (Phi) is 4.50. The van der Waals surface area contributed by atoms with Crippen LogP contribution in [0.2, 0.25) is 0 Å². The number of methoxy groups -OCH3 is 2. The van der Waals surface area contributed by atoms with E-state index in [2.05, 4.69) is 45.9 Å². The van der Waals surface area contributed by atoms with E-state index < -0.39 is 0 Å². The zero-order valence-corrected chi connectivity index (χ0v) is 16.8. The summed E-state index contributed by atoms with van der Waals surface area (Å²) in [5, 5.41) is 0. The van der Waals surface area contributed by atoms with E-state index in [1.165, 1.54) is 12.0 Å². The van der Waals surface area contributed by atoms with E-state index in [0.717, 1.165) is 17.9 Å². The third-order valence-corrected chi connectivity index (χ3v) is 7.51. The molecule has 0 aromatic heterocycles. The molecule has 5 rings (SSSR count). The first kappa shape index (κ1) is 18.5. The lowest BCUT2D eigenvalue weighted by atomic mass is 9.43. The van der Waals surface area contributed by atoms with Crippen molar-refractivity contribution in [3.05, 3.63) is 35.4 Å². The molecule has 1 heterocycles. The molecule has 5 heteroatoms. The molecule has 1 saturated heterocycles. The zero-order chi connectivity index (χ0) is 18.7. The van der Waals surface area contributed by atoms with E-state index in [0.29, 0.717) is 11.3 Å². The van der Waals surface area contributed by atoms with Crippen LogP contribution >= 0.6 is 0 Å². The van der Waals surface area contributed by atoms with Crippen molar-refractivity contribution in [2.24, 2.45) is 17.3 Å². The molecule has 4 nitrogen and oxygen atoms in total. The van der Waals surface area contributed by atoms with Gasteiger partial charge in [0.1, 0.15) is 0 Å². The van der Waals surface area contributed by atoms with Gasteiger partial charge in [0, 0.05) is 25.6 Å². The van der Waals surface area contributed by atoms with Crippen LogP contribution in [0.4, 0.5) is 0 Å². The van der Waals surface area contributed by atoms with E-state index in [1.807, 2.05) is 6.07 Å². The van der Waals surface area contributed by atoms with Gasteiger partial charge >= 0.3 is 7.12 Å². The summed E-state index contributed by atoms with van der Waals surface area (Å²) in [5.74, 6) is 1.52. The van der Waals surface area contributed by atoms with Gasteiger partial charge in [0.25, 0.3) is 0 Å². The van der Waals surface area contributed by atoms with Gasteiger partial charge in [-0.1, -0.05) is 45.0 Å². The third-order valence-electron chi connectivity index (χ3n) is 7.51. The van der Waals surface area contributed by atoms with Crippen LogP contribution in [-0.2, 0) is 18.8 Å². The molecule has 5 atom stereocenters. The standard InChI is InChI=1S/C21H31BO4/c1-13(14-8-7-9-15(10-14)19(23-5)24-6)22-25-18-12-16-11-17(20(16,2)3)21(18,4)26-22/h7-10,13,16-19H,11-12H2,1-6H3/t13-,16?,17?,18?,21+/m1/s1. The van der Waals surface area contributed by atoms with E-state index in [1.54, 1.807) is 14.2 Å². The minimum Gasteiger partial charge on any atom is -0.405 e. The molecule has 0 spiro atoms. The Morgan fingerprint density at radius 2 is 1.81 bits per heavy atom. The van der Waals surface area contributed by atoms with Crippen LogP contribution in [0.5, 0.6) is 0 Å². The number of rotatable bonds is 5. The molecule has 0 N–H and O–H groups in total. The van der Waals surface area contributed by atoms with Crippen LogP contribution in [0.15, 0.2) is 24.3 Å². The number of ether oxygens (including phenoxy) is 2. The molecule has 1 aromatic rings. The van der Waals surface area contributed by atoms with E-state index in [4.69, 9.17) is 18.8 Å². The Morgan fingerprint density at radius 1 is 1.12 bits per heavy atom. The summed E-state index contributed by atoms with van der Waals surface area (Å²) < 4.78 is 23.9. The second-order valence-corrected chi connectivity index (χ2v) is 9.10. The molecule has 0 amide bonds. The van der Waals surface area contributed by atoms with Crippen molar-refractivity contribution >= 4 is 7.12 Å². The fourth-order valence-corrected chi connectivity index (χ4v) is 5.63. The molecule has 3 saturated carbocycles. The molecule has 4 fully saturated rings. The maximum absolute atomic E-state index is 6.62. The van der Waals surface area contributed by atoms with E-state index >= 15 is 0 Å². The van der Waals surface area contributed by atoms with Crippen molar-refractivity contribution in [1.82, 2.24) is 0 Å². The van der Waals surface area contributed by atoms with Gasteiger partial charge < -0.3 is 18.8 Å². The predicted molar refractivity (Wildman–Crippen MR) is 102 cm³/mol. The zero-order valence-electron chi connectivity index (χ0n) is 16.8. The Balaban J connectivity index is 1.54. The van der Waals surface area contributed by atoms with Gasteiger partial charge in [-0.25, -0.2) is 0 Å². The van der Waals surface area contributed by atoms with Crippen molar-refractivity contribution in [3.8, 4) is 0 Å². The maximum Gasteiger partial charge on any atom is 0.465 e. The molecule has 142 valence electrons. The average molecular weight is 358 g/mol. The normalized spacial score (nSPS) is 36.0. The molecule has 1 aromatic carbocycles. The summed E-state index contributed by atoms with van der Waals surface area (Å²) in [5.41, 5.74) is 2.43. The molecule has 4 aliphatic rings.